The number of nitrogens with zero attached hydrogens (tertiary/aromatic N) is 1. The fourth-order valence-electron chi connectivity index (χ4n) is 3.07. The molecule has 0 saturated carbocycles. The Morgan fingerprint density at radius 3 is 2.83 bits per heavy atom. The molecule has 0 saturated heterocycles. The topological polar surface area (TPSA) is 67.2 Å². The van der Waals surface area contributed by atoms with Crippen molar-refractivity contribution in [3.8, 4) is 11.8 Å². The van der Waals surface area contributed by atoms with E-state index in [1.54, 1.807) is 24.3 Å². The average molecular weight is 305 g/mol. The number of carbonyl (C=O) groups excluding carboxylic acids is 2. The van der Waals surface area contributed by atoms with Gasteiger partial charge >= 0.3 is 5.97 Å². The van der Waals surface area contributed by atoms with Gasteiger partial charge in [-0.25, -0.2) is 4.79 Å². The smallest absolute Gasteiger partial charge is 0.343 e. The molecule has 1 aliphatic carbocycles. The molecule has 3 rings (SSSR count). The first kappa shape index (κ1) is 15.0. The van der Waals surface area contributed by atoms with Crippen LogP contribution in [-0.2, 0) is 0 Å². The molecule has 0 spiro atoms. The summed E-state index contributed by atoms with van der Waals surface area (Å²) in [5, 5.41) is 8.91. The van der Waals surface area contributed by atoms with E-state index in [4.69, 9.17) is 10.00 Å². The van der Waals surface area contributed by atoms with Crippen molar-refractivity contribution in [1.82, 2.24) is 0 Å². The van der Waals surface area contributed by atoms with Gasteiger partial charge in [0.25, 0.3) is 0 Å². The van der Waals surface area contributed by atoms with Gasteiger partial charge in [0.1, 0.15) is 5.75 Å². The zero-order valence-electron chi connectivity index (χ0n) is 12.9. The van der Waals surface area contributed by atoms with E-state index in [2.05, 4.69) is 0 Å². The van der Waals surface area contributed by atoms with E-state index in [9.17, 15) is 9.59 Å². The number of ether oxygens (including phenoxy) is 1. The molecule has 4 nitrogen and oxygen atoms in total. The maximum atomic E-state index is 12.3. The lowest BCUT2D eigenvalue weighted by molar-refractivity contribution is 0.0733. The molecule has 0 radical (unpaired) electrons. The molecular weight excluding hydrogens is 290 g/mol. The number of nitriles is 1. The molecule has 1 atom stereocenters. The molecule has 0 amide bonds. The highest BCUT2D eigenvalue weighted by Gasteiger charge is 2.31. The third kappa shape index (κ3) is 2.62. The minimum atomic E-state index is -0.569. The molecule has 0 bridgehead atoms. The van der Waals surface area contributed by atoms with Crippen LogP contribution in [0.4, 0.5) is 0 Å². The van der Waals surface area contributed by atoms with Crippen molar-refractivity contribution >= 4 is 11.8 Å². The Labute approximate surface area is 134 Å². The largest absolute Gasteiger partial charge is 0.422 e. The molecule has 0 N–H and O–H groups in total. The number of ketones is 1. The molecule has 23 heavy (non-hydrogen) atoms. The number of rotatable bonds is 2. The third-order valence-corrected chi connectivity index (χ3v) is 4.12. The number of esters is 1. The highest BCUT2D eigenvalue weighted by molar-refractivity contribution is 6.05. The monoisotopic (exact) mass is 305 g/mol. The van der Waals surface area contributed by atoms with Crippen molar-refractivity contribution in [3.63, 3.8) is 0 Å². The zero-order chi connectivity index (χ0) is 16.6. The molecule has 2 aromatic carbocycles. The van der Waals surface area contributed by atoms with Gasteiger partial charge < -0.3 is 4.74 Å². The molecule has 0 aliphatic heterocycles. The second kappa shape index (κ2) is 5.69. The van der Waals surface area contributed by atoms with E-state index in [0.717, 1.165) is 11.1 Å². The first-order valence-corrected chi connectivity index (χ1v) is 7.40. The predicted molar refractivity (Wildman–Crippen MR) is 84.7 cm³/mol. The number of hydrogen-bond donors (Lipinski definition) is 0. The number of Topliss-reactive ketones (excluding diaryl/α,β-unsaturated/α-hetero) is 1. The summed E-state index contributed by atoms with van der Waals surface area (Å²) in [5.74, 6) is -0.129. The van der Waals surface area contributed by atoms with Crippen LogP contribution in [0.1, 0.15) is 56.7 Å². The second-order valence-electron chi connectivity index (χ2n) is 5.78. The maximum absolute atomic E-state index is 12.3. The summed E-state index contributed by atoms with van der Waals surface area (Å²) in [6.45, 7) is 3.95. The molecule has 2 aromatic rings. The normalized spacial score (nSPS) is 15.9. The standard InChI is InChI=1S/C19H15NO3/c1-11-6-7-16(18-15(21)8-12(2)17(11)18)23-19(22)14-5-3-4-13(9-14)10-20/h3-7,9,12H,8H2,1-2H3. The fraction of sp³-hybridized carbons (Fsp3) is 0.211. The fourth-order valence-corrected chi connectivity index (χ4v) is 3.07. The van der Waals surface area contributed by atoms with Crippen LogP contribution in [0.2, 0.25) is 0 Å². The first-order chi connectivity index (χ1) is 11.0. The van der Waals surface area contributed by atoms with Crippen LogP contribution in [0.3, 0.4) is 0 Å². The molecule has 1 unspecified atom stereocenters. The Morgan fingerprint density at radius 1 is 1.30 bits per heavy atom. The number of hydrogen-bond acceptors (Lipinski definition) is 4. The van der Waals surface area contributed by atoms with Gasteiger partial charge in [-0.2, -0.15) is 5.26 Å². The molecule has 1 aliphatic rings. The molecule has 114 valence electrons. The quantitative estimate of drug-likeness (QED) is 0.625. The maximum Gasteiger partial charge on any atom is 0.343 e. The van der Waals surface area contributed by atoms with E-state index in [1.165, 1.54) is 6.07 Å². The molecule has 0 aromatic heterocycles. The van der Waals surface area contributed by atoms with Gasteiger partial charge in [-0.3, -0.25) is 4.79 Å². The number of fused-ring (bicyclic) bond motifs is 1. The van der Waals surface area contributed by atoms with Crippen LogP contribution in [0.25, 0.3) is 0 Å². The van der Waals surface area contributed by atoms with Crippen molar-refractivity contribution in [3.05, 3.63) is 64.2 Å². The van der Waals surface area contributed by atoms with Crippen LogP contribution < -0.4 is 4.74 Å². The molecule has 0 fully saturated rings. The summed E-state index contributed by atoms with van der Waals surface area (Å²) in [4.78, 5) is 24.5. The van der Waals surface area contributed by atoms with Crippen LogP contribution in [0.15, 0.2) is 36.4 Å². The Morgan fingerprint density at radius 2 is 2.09 bits per heavy atom. The van der Waals surface area contributed by atoms with Crippen molar-refractivity contribution in [2.75, 3.05) is 0 Å². The van der Waals surface area contributed by atoms with Gasteiger partial charge in [-0.1, -0.05) is 19.1 Å². The van der Waals surface area contributed by atoms with E-state index in [-0.39, 0.29) is 17.3 Å². The second-order valence-corrected chi connectivity index (χ2v) is 5.78. The Kier molecular flexibility index (Phi) is 3.71. The summed E-state index contributed by atoms with van der Waals surface area (Å²) in [6.07, 6.45) is 0.439. The lowest BCUT2D eigenvalue weighted by Gasteiger charge is -2.12. The van der Waals surface area contributed by atoms with Crippen LogP contribution in [-0.4, -0.2) is 11.8 Å². The summed E-state index contributed by atoms with van der Waals surface area (Å²) in [6, 6.07) is 11.8. The lowest BCUT2D eigenvalue weighted by Crippen LogP contribution is -2.11. The minimum Gasteiger partial charge on any atom is -0.422 e. The highest BCUT2D eigenvalue weighted by atomic mass is 16.5. The lowest BCUT2D eigenvalue weighted by atomic mass is 9.97. The van der Waals surface area contributed by atoms with Gasteiger partial charge in [0.2, 0.25) is 0 Å². The van der Waals surface area contributed by atoms with Gasteiger partial charge in [0.15, 0.2) is 5.78 Å². The number of aryl methyl sites for hydroxylation is 1. The average Bonchev–Trinajstić information content (AvgIpc) is 2.86. The van der Waals surface area contributed by atoms with E-state index in [0.29, 0.717) is 23.3 Å². The van der Waals surface area contributed by atoms with Crippen LogP contribution >= 0.6 is 0 Å². The van der Waals surface area contributed by atoms with Gasteiger partial charge in [0.05, 0.1) is 22.8 Å². The highest BCUT2D eigenvalue weighted by Crippen LogP contribution is 2.40. The SMILES string of the molecule is Cc1ccc(OC(=O)c2cccc(C#N)c2)c2c1C(C)CC2=O. The molecular formula is C19H15NO3. The van der Waals surface area contributed by atoms with Crippen LogP contribution in [0, 0.1) is 18.3 Å². The summed E-state index contributed by atoms with van der Waals surface area (Å²) in [5.41, 5.74) is 3.19. The minimum absolute atomic E-state index is 0.00442. The Hall–Kier alpha value is -2.93. The summed E-state index contributed by atoms with van der Waals surface area (Å²) >= 11 is 0. The van der Waals surface area contributed by atoms with Crippen molar-refractivity contribution < 1.29 is 14.3 Å². The molecule has 0 heterocycles. The van der Waals surface area contributed by atoms with E-state index >= 15 is 0 Å². The first-order valence-electron chi connectivity index (χ1n) is 7.40. The van der Waals surface area contributed by atoms with E-state index in [1.807, 2.05) is 26.0 Å². The van der Waals surface area contributed by atoms with Crippen molar-refractivity contribution in [1.29, 1.82) is 5.26 Å². The number of benzene rings is 2. The van der Waals surface area contributed by atoms with E-state index < -0.39 is 5.97 Å². The van der Waals surface area contributed by atoms with Gasteiger partial charge in [-0.15, -0.1) is 0 Å². The summed E-state index contributed by atoms with van der Waals surface area (Å²) < 4.78 is 5.45. The Bertz CT molecular complexity index is 861. The van der Waals surface area contributed by atoms with Gasteiger partial charge in [-0.05, 0) is 48.2 Å². The zero-order valence-corrected chi connectivity index (χ0v) is 12.9. The Balaban J connectivity index is 1.97. The van der Waals surface area contributed by atoms with Crippen LogP contribution in [0.5, 0.6) is 5.75 Å². The van der Waals surface area contributed by atoms with Crippen molar-refractivity contribution in [2.45, 2.75) is 26.2 Å². The number of carbonyl (C=O) groups is 2. The predicted octanol–water partition coefficient (Wildman–Crippen LogP) is 3.78. The van der Waals surface area contributed by atoms with Gasteiger partial charge in [0, 0.05) is 6.42 Å². The molecule has 4 heteroatoms. The third-order valence-electron chi connectivity index (χ3n) is 4.12. The summed E-state index contributed by atoms with van der Waals surface area (Å²) in [7, 11) is 0. The van der Waals surface area contributed by atoms with Crippen molar-refractivity contribution in [2.24, 2.45) is 0 Å².